The summed E-state index contributed by atoms with van der Waals surface area (Å²) in [5, 5.41) is 3.35. The van der Waals surface area contributed by atoms with Crippen LogP contribution in [0.4, 0.5) is 0 Å². The van der Waals surface area contributed by atoms with Crippen molar-refractivity contribution in [3.63, 3.8) is 0 Å². The Morgan fingerprint density at radius 1 is 1.00 bits per heavy atom. The van der Waals surface area contributed by atoms with Gasteiger partial charge in [-0.1, -0.05) is 31.2 Å². The van der Waals surface area contributed by atoms with Crippen molar-refractivity contribution >= 4 is 0 Å². The van der Waals surface area contributed by atoms with Crippen LogP contribution in [-0.4, -0.2) is 0 Å². The summed E-state index contributed by atoms with van der Waals surface area (Å²) in [6, 6.07) is 12.6. The molecule has 0 amide bonds. The van der Waals surface area contributed by atoms with Gasteiger partial charge in [0.05, 0.1) is 12.8 Å². The third-order valence-corrected chi connectivity index (χ3v) is 2.64. The number of nitrogens with one attached hydrogen (secondary N) is 1. The number of hydrogen-bond acceptors (Lipinski definition) is 2. The lowest BCUT2D eigenvalue weighted by molar-refractivity contribution is 0.483. The second kappa shape index (κ2) is 5.52. The number of aryl methyl sites for hydroxylation is 1. The summed E-state index contributed by atoms with van der Waals surface area (Å²) in [5.74, 6) is 0.977. The maximum Gasteiger partial charge on any atom is 0.117 e. The Hall–Kier alpha value is -1.54. The average molecular weight is 215 g/mol. The standard InChI is InChI=1S/C14H17NO/c1-2-12-5-7-13(8-6-12)10-15-11-14-4-3-9-16-14/h3-9,15H,2,10-11H2,1H3. The van der Waals surface area contributed by atoms with Crippen LogP contribution < -0.4 is 5.32 Å². The molecule has 1 heterocycles. The van der Waals surface area contributed by atoms with Gasteiger partial charge in [-0.2, -0.15) is 0 Å². The fourth-order valence-electron chi connectivity index (χ4n) is 1.64. The van der Waals surface area contributed by atoms with Gasteiger partial charge in [0, 0.05) is 6.54 Å². The number of hydrogen-bond donors (Lipinski definition) is 1. The fraction of sp³-hybridized carbons (Fsp3) is 0.286. The second-order valence-corrected chi connectivity index (χ2v) is 3.85. The molecule has 0 unspecified atom stereocenters. The third kappa shape index (κ3) is 2.97. The molecule has 1 N–H and O–H groups in total. The molecule has 0 saturated heterocycles. The zero-order chi connectivity index (χ0) is 11.2. The van der Waals surface area contributed by atoms with Gasteiger partial charge in [-0.05, 0) is 29.7 Å². The summed E-state index contributed by atoms with van der Waals surface area (Å²) < 4.78 is 5.25. The molecule has 0 aliphatic rings. The Kier molecular flexibility index (Phi) is 3.78. The predicted octanol–water partition coefficient (Wildman–Crippen LogP) is 3.13. The predicted molar refractivity (Wildman–Crippen MR) is 65.1 cm³/mol. The van der Waals surface area contributed by atoms with Gasteiger partial charge in [0.25, 0.3) is 0 Å². The van der Waals surface area contributed by atoms with Crippen molar-refractivity contribution in [1.82, 2.24) is 5.32 Å². The molecule has 2 heteroatoms. The van der Waals surface area contributed by atoms with E-state index in [1.54, 1.807) is 6.26 Å². The van der Waals surface area contributed by atoms with E-state index in [0.29, 0.717) is 0 Å². The highest BCUT2D eigenvalue weighted by molar-refractivity contribution is 5.22. The van der Waals surface area contributed by atoms with Crippen LogP contribution in [0, 0.1) is 0 Å². The molecule has 0 spiro atoms. The molecule has 0 atom stereocenters. The first-order valence-electron chi connectivity index (χ1n) is 5.69. The maximum atomic E-state index is 5.25. The zero-order valence-electron chi connectivity index (χ0n) is 9.57. The first-order valence-corrected chi connectivity index (χ1v) is 5.69. The lowest BCUT2D eigenvalue weighted by Crippen LogP contribution is -2.11. The smallest absolute Gasteiger partial charge is 0.117 e. The van der Waals surface area contributed by atoms with E-state index in [9.17, 15) is 0 Å². The molecular weight excluding hydrogens is 198 g/mol. The summed E-state index contributed by atoms with van der Waals surface area (Å²) in [6.45, 7) is 3.83. The van der Waals surface area contributed by atoms with Gasteiger partial charge in [-0.3, -0.25) is 0 Å². The largest absolute Gasteiger partial charge is 0.468 e. The average Bonchev–Trinajstić information content (AvgIpc) is 2.83. The Morgan fingerprint density at radius 3 is 2.38 bits per heavy atom. The Labute approximate surface area is 96.3 Å². The van der Waals surface area contributed by atoms with E-state index in [2.05, 4.69) is 36.5 Å². The topological polar surface area (TPSA) is 25.2 Å². The summed E-state index contributed by atoms with van der Waals surface area (Å²) in [6.07, 6.45) is 2.80. The minimum atomic E-state index is 0.780. The van der Waals surface area contributed by atoms with Gasteiger partial charge in [0.1, 0.15) is 5.76 Å². The molecule has 0 bridgehead atoms. The van der Waals surface area contributed by atoms with Crippen LogP contribution in [0.2, 0.25) is 0 Å². The van der Waals surface area contributed by atoms with Crippen molar-refractivity contribution in [2.24, 2.45) is 0 Å². The van der Waals surface area contributed by atoms with E-state index in [1.807, 2.05) is 12.1 Å². The van der Waals surface area contributed by atoms with Crippen LogP contribution in [0.25, 0.3) is 0 Å². The minimum Gasteiger partial charge on any atom is -0.468 e. The van der Waals surface area contributed by atoms with Crippen LogP contribution in [0.3, 0.4) is 0 Å². The van der Waals surface area contributed by atoms with E-state index in [4.69, 9.17) is 4.42 Å². The molecule has 1 aromatic carbocycles. The lowest BCUT2D eigenvalue weighted by atomic mass is 10.1. The summed E-state index contributed by atoms with van der Waals surface area (Å²) in [5.41, 5.74) is 2.69. The van der Waals surface area contributed by atoms with E-state index in [-0.39, 0.29) is 0 Å². The molecule has 1 aromatic heterocycles. The molecule has 84 valence electrons. The van der Waals surface area contributed by atoms with Crippen molar-refractivity contribution in [2.75, 3.05) is 0 Å². The molecule has 2 aromatic rings. The van der Waals surface area contributed by atoms with E-state index < -0.39 is 0 Å². The highest BCUT2D eigenvalue weighted by atomic mass is 16.3. The normalized spacial score (nSPS) is 10.6. The zero-order valence-corrected chi connectivity index (χ0v) is 9.57. The van der Waals surface area contributed by atoms with Crippen LogP contribution in [0.5, 0.6) is 0 Å². The van der Waals surface area contributed by atoms with Gasteiger partial charge >= 0.3 is 0 Å². The molecule has 0 saturated carbocycles. The Bertz CT molecular complexity index is 403. The summed E-state index contributed by atoms with van der Waals surface area (Å²) in [4.78, 5) is 0. The maximum absolute atomic E-state index is 5.25. The van der Waals surface area contributed by atoms with E-state index in [0.717, 1.165) is 25.3 Å². The molecule has 0 fully saturated rings. The molecule has 0 aliphatic carbocycles. The van der Waals surface area contributed by atoms with Gasteiger partial charge in [-0.15, -0.1) is 0 Å². The van der Waals surface area contributed by atoms with Crippen molar-refractivity contribution in [2.45, 2.75) is 26.4 Å². The molecule has 16 heavy (non-hydrogen) atoms. The highest BCUT2D eigenvalue weighted by Crippen LogP contribution is 2.05. The van der Waals surface area contributed by atoms with E-state index >= 15 is 0 Å². The molecule has 0 radical (unpaired) electrons. The van der Waals surface area contributed by atoms with Crippen LogP contribution in [0.1, 0.15) is 23.8 Å². The third-order valence-electron chi connectivity index (χ3n) is 2.64. The number of furan rings is 1. The second-order valence-electron chi connectivity index (χ2n) is 3.85. The summed E-state index contributed by atoms with van der Waals surface area (Å²) in [7, 11) is 0. The van der Waals surface area contributed by atoms with Crippen molar-refractivity contribution in [3.05, 3.63) is 59.5 Å². The van der Waals surface area contributed by atoms with Crippen molar-refractivity contribution < 1.29 is 4.42 Å². The molecular formula is C14H17NO. The summed E-state index contributed by atoms with van der Waals surface area (Å²) >= 11 is 0. The fourth-order valence-corrected chi connectivity index (χ4v) is 1.64. The van der Waals surface area contributed by atoms with Gasteiger partial charge in [0.2, 0.25) is 0 Å². The molecule has 0 aliphatic heterocycles. The SMILES string of the molecule is CCc1ccc(CNCc2ccco2)cc1. The molecule has 2 rings (SSSR count). The van der Waals surface area contributed by atoms with Crippen molar-refractivity contribution in [1.29, 1.82) is 0 Å². The monoisotopic (exact) mass is 215 g/mol. The number of rotatable bonds is 5. The van der Waals surface area contributed by atoms with Crippen LogP contribution >= 0.6 is 0 Å². The lowest BCUT2D eigenvalue weighted by Gasteiger charge is -2.04. The molecule has 2 nitrogen and oxygen atoms in total. The van der Waals surface area contributed by atoms with Gasteiger partial charge in [-0.25, -0.2) is 0 Å². The van der Waals surface area contributed by atoms with Gasteiger partial charge < -0.3 is 9.73 Å². The van der Waals surface area contributed by atoms with Gasteiger partial charge in [0.15, 0.2) is 0 Å². The number of benzene rings is 1. The first-order chi connectivity index (χ1) is 7.88. The van der Waals surface area contributed by atoms with Crippen LogP contribution in [0.15, 0.2) is 47.1 Å². The first kappa shape index (κ1) is 11.0. The Morgan fingerprint density at radius 2 is 1.75 bits per heavy atom. The minimum absolute atomic E-state index is 0.780. The van der Waals surface area contributed by atoms with Crippen molar-refractivity contribution in [3.8, 4) is 0 Å². The Balaban J connectivity index is 1.81. The van der Waals surface area contributed by atoms with E-state index in [1.165, 1.54) is 11.1 Å². The highest BCUT2D eigenvalue weighted by Gasteiger charge is 1.96. The quantitative estimate of drug-likeness (QED) is 0.829. The van der Waals surface area contributed by atoms with Crippen LogP contribution in [-0.2, 0) is 19.5 Å².